The molecule has 1 amide bonds. The van der Waals surface area contributed by atoms with E-state index in [2.05, 4.69) is 20.9 Å². The van der Waals surface area contributed by atoms with Gasteiger partial charge in [-0.2, -0.15) is 13.2 Å². The molecule has 0 aromatic carbocycles. The number of rotatable bonds is 3. The maximum atomic E-state index is 12.4. The van der Waals surface area contributed by atoms with Crippen molar-refractivity contribution in [1.82, 2.24) is 9.88 Å². The molecule has 0 spiro atoms. The van der Waals surface area contributed by atoms with Crippen LogP contribution < -0.4 is 0 Å². The lowest BCUT2D eigenvalue weighted by Crippen LogP contribution is -2.40. The normalized spacial score (nSPS) is 15.6. The minimum Gasteiger partial charge on any atom is -0.327 e. The van der Waals surface area contributed by atoms with E-state index in [4.69, 9.17) is 0 Å². The summed E-state index contributed by atoms with van der Waals surface area (Å²) in [6.45, 7) is -1.20. The lowest BCUT2D eigenvalue weighted by molar-refractivity contribution is -0.141. The van der Waals surface area contributed by atoms with E-state index in [9.17, 15) is 18.0 Å². The van der Waals surface area contributed by atoms with E-state index in [0.29, 0.717) is 17.4 Å². The second-order valence-electron chi connectivity index (χ2n) is 4.15. The maximum absolute atomic E-state index is 12.4. The summed E-state index contributed by atoms with van der Waals surface area (Å²) in [4.78, 5) is 16.7. The molecule has 0 aliphatic heterocycles. The zero-order valence-corrected chi connectivity index (χ0v) is 10.8. The zero-order chi connectivity index (χ0) is 13.3. The Bertz CT molecular complexity index is 443. The molecule has 3 nitrogen and oxygen atoms in total. The highest BCUT2D eigenvalue weighted by Gasteiger charge is 2.40. The lowest BCUT2D eigenvalue weighted by atomic mass is 10.2. The van der Waals surface area contributed by atoms with Crippen molar-refractivity contribution in [2.45, 2.75) is 25.1 Å². The topological polar surface area (TPSA) is 33.2 Å². The Morgan fingerprint density at radius 1 is 1.44 bits per heavy atom. The Labute approximate surface area is 110 Å². The largest absolute Gasteiger partial charge is 0.406 e. The summed E-state index contributed by atoms with van der Waals surface area (Å²) in [6.07, 6.45) is -1.84. The summed E-state index contributed by atoms with van der Waals surface area (Å²) in [7, 11) is 0. The number of aromatic nitrogens is 1. The predicted octanol–water partition coefficient (Wildman–Crippen LogP) is 3.01. The average Bonchev–Trinajstić information content (AvgIpc) is 3.08. The smallest absolute Gasteiger partial charge is 0.327 e. The van der Waals surface area contributed by atoms with Crippen LogP contribution >= 0.6 is 15.9 Å². The van der Waals surface area contributed by atoms with Gasteiger partial charge in [-0.25, -0.2) is 4.98 Å². The van der Waals surface area contributed by atoms with E-state index in [0.717, 1.165) is 4.90 Å². The molecule has 1 heterocycles. The SMILES string of the molecule is O=C(c1ccc(Br)nc1)N(CC(F)(F)F)C1CC1. The molecule has 1 aromatic heterocycles. The summed E-state index contributed by atoms with van der Waals surface area (Å²) < 4.78 is 37.8. The summed E-state index contributed by atoms with van der Waals surface area (Å²) in [5.41, 5.74) is 0.175. The molecule has 98 valence electrons. The molecule has 1 fully saturated rings. The number of nitrogens with zero attached hydrogens (tertiary/aromatic N) is 2. The van der Waals surface area contributed by atoms with Crippen molar-refractivity contribution in [3.8, 4) is 0 Å². The minimum absolute atomic E-state index is 0.175. The van der Waals surface area contributed by atoms with E-state index < -0.39 is 18.6 Å². The minimum atomic E-state index is -4.37. The third-order valence-electron chi connectivity index (χ3n) is 2.57. The summed E-state index contributed by atoms with van der Waals surface area (Å²) >= 11 is 3.11. The molecule has 1 aliphatic rings. The molecular formula is C11H10BrF3N2O. The van der Waals surface area contributed by atoms with Crippen LogP contribution in [-0.4, -0.2) is 34.6 Å². The van der Waals surface area contributed by atoms with Gasteiger partial charge in [0.1, 0.15) is 11.1 Å². The van der Waals surface area contributed by atoms with Crippen molar-refractivity contribution in [1.29, 1.82) is 0 Å². The van der Waals surface area contributed by atoms with Crippen LogP contribution in [0, 0.1) is 0 Å². The average molecular weight is 323 g/mol. The van der Waals surface area contributed by atoms with Gasteiger partial charge in [-0.15, -0.1) is 0 Å². The fourth-order valence-electron chi connectivity index (χ4n) is 1.61. The van der Waals surface area contributed by atoms with Crippen molar-refractivity contribution in [2.75, 3.05) is 6.54 Å². The molecule has 0 bridgehead atoms. The molecule has 0 radical (unpaired) electrons. The van der Waals surface area contributed by atoms with Crippen LogP contribution in [0.3, 0.4) is 0 Å². The van der Waals surface area contributed by atoms with Gasteiger partial charge < -0.3 is 4.90 Å². The van der Waals surface area contributed by atoms with Crippen LogP contribution in [-0.2, 0) is 0 Å². The first-order valence-electron chi connectivity index (χ1n) is 5.36. The summed E-state index contributed by atoms with van der Waals surface area (Å²) in [5, 5.41) is 0. The maximum Gasteiger partial charge on any atom is 0.406 e. The van der Waals surface area contributed by atoms with E-state index >= 15 is 0 Å². The monoisotopic (exact) mass is 322 g/mol. The molecule has 1 aromatic rings. The zero-order valence-electron chi connectivity index (χ0n) is 9.25. The number of alkyl halides is 3. The third kappa shape index (κ3) is 3.44. The number of carbonyl (C=O) groups excluding carboxylic acids is 1. The molecule has 18 heavy (non-hydrogen) atoms. The molecule has 0 saturated heterocycles. The molecule has 0 unspecified atom stereocenters. The first-order valence-corrected chi connectivity index (χ1v) is 6.15. The molecule has 1 aliphatic carbocycles. The predicted molar refractivity (Wildman–Crippen MR) is 62.1 cm³/mol. The molecule has 2 rings (SSSR count). The molecular weight excluding hydrogens is 313 g/mol. The van der Waals surface area contributed by atoms with Crippen LogP contribution in [0.5, 0.6) is 0 Å². The van der Waals surface area contributed by atoms with Gasteiger partial charge in [-0.1, -0.05) is 0 Å². The number of carbonyl (C=O) groups is 1. The Morgan fingerprint density at radius 2 is 2.11 bits per heavy atom. The fourth-order valence-corrected chi connectivity index (χ4v) is 1.85. The van der Waals surface area contributed by atoms with Gasteiger partial charge in [-0.05, 0) is 40.9 Å². The van der Waals surface area contributed by atoms with Gasteiger partial charge in [0, 0.05) is 12.2 Å². The lowest BCUT2D eigenvalue weighted by Gasteiger charge is -2.23. The summed E-state index contributed by atoms with van der Waals surface area (Å²) in [6, 6.07) is 2.71. The van der Waals surface area contributed by atoms with E-state index in [1.54, 1.807) is 0 Å². The Hall–Kier alpha value is -1.11. The van der Waals surface area contributed by atoms with Crippen LogP contribution in [0.15, 0.2) is 22.9 Å². The number of pyridine rings is 1. The Kier molecular flexibility index (Phi) is 3.61. The van der Waals surface area contributed by atoms with Crippen molar-refractivity contribution in [3.63, 3.8) is 0 Å². The van der Waals surface area contributed by atoms with Crippen molar-refractivity contribution in [2.24, 2.45) is 0 Å². The van der Waals surface area contributed by atoms with Gasteiger partial charge in [0.2, 0.25) is 0 Å². The Balaban J connectivity index is 2.15. The van der Waals surface area contributed by atoms with Crippen molar-refractivity contribution < 1.29 is 18.0 Å². The van der Waals surface area contributed by atoms with Crippen LogP contribution in [0.1, 0.15) is 23.2 Å². The summed E-state index contributed by atoms with van der Waals surface area (Å²) in [5.74, 6) is -0.616. The highest BCUT2D eigenvalue weighted by atomic mass is 79.9. The van der Waals surface area contributed by atoms with Gasteiger partial charge in [-0.3, -0.25) is 4.79 Å². The van der Waals surface area contributed by atoms with Gasteiger partial charge in [0.25, 0.3) is 5.91 Å². The van der Waals surface area contributed by atoms with Crippen LogP contribution in [0.25, 0.3) is 0 Å². The molecule has 1 saturated carbocycles. The standard InChI is InChI=1S/C11H10BrF3N2O/c12-9-4-1-7(5-16-9)10(18)17(8-2-3-8)6-11(13,14)15/h1,4-5,8H,2-3,6H2. The van der Waals surface area contributed by atoms with Gasteiger partial charge in [0.05, 0.1) is 5.56 Å². The first kappa shape index (κ1) is 13.3. The number of hydrogen-bond donors (Lipinski definition) is 0. The fraction of sp³-hybridized carbons (Fsp3) is 0.455. The number of halogens is 4. The second-order valence-corrected chi connectivity index (χ2v) is 4.96. The third-order valence-corrected chi connectivity index (χ3v) is 3.04. The van der Waals surface area contributed by atoms with Crippen molar-refractivity contribution >= 4 is 21.8 Å². The van der Waals surface area contributed by atoms with E-state index in [-0.39, 0.29) is 11.6 Å². The number of hydrogen-bond acceptors (Lipinski definition) is 2. The van der Waals surface area contributed by atoms with Gasteiger partial charge >= 0.3 is 6.18 Å². The van der Waals surface area contributed by atoms with Gasteiger partial charge in [0.15, 0.2) is 0 Å². The Morgan fingerprint density at radius 3 is 2.56 bits per heavy atom. The highest BCUT2D eigenvalue weighted by Crippen LogP contribution is 2.31. The van der Waals surface area contributed by atoms with E-state index in [1.807, 2.05) is 0 Å². The van der Waals surface area contributed by atoms with E-state index in [1.165, 1.54) is 18.3 Å². The highest BCUT2D eigenvalue weighted by molar-refractivity contribution is 9.10. The number of amides is 1. The second kappa shape index (κ2) is 4.87. The molecule has 7 heteroatoms. The molecule has 0 atom stereocenters. The van der Waals surface area contributed by atoms with Crippen LogP contribution in [0.2, 0.25) is 0 Å². The van der Waals surface area contributed by atoms with Crippen molar-refractivity contribution in [3.05, 3.63) is 28.5 Å². The quantitative estimate of drug-likeness (QED) is 0.801. The first-order chi connectivity index (χ1) is 8.37. The van der Waals surface area contributed by atoms with Crippen LogP contribution in [0.4, 0.5) is 13.2 Å². The molecule has 0 N–H and O–H groups in total.